The number of fused-ring (bicyclic) bond motifs is 1. The molecule has 0 aliphatic carbocycles. The monoisotopic (exact) mass is 321 g/mol. The molecule has 1 aliphatic heterocycles. The van der Waals surface area contributed by atoms with Crippen LogP contribution in [0.25, 0.3) is 11.0 Å². The van der Waals surface area contributed by atoms with Gasteiger partial charge >= 0.3 is 5.97 Å². The first kappa shape index (κ1) is 14.9. The molecule has 1 aromatic heterocycles. The van der Waals surface area contributed by atoms with Gasteiger partial charge in [-0.2, -0.15) is 0 Å². The number of carbonyl (C=O) groups is 2. The summed E-state index contributed by atoms with van der Waals surface area (Å²) in [5.41, 5.74) is 0.560. The minimum atomic E-state index is -0.973. The van der Waals surface area contributed by atoms with Gasteiger partial charge in [0.1, 0.15) is 11.6 Å². The number of amides is 1. The second kappa shape index (κ2) is 5.65. The van der Waals surface area contributed by atoms with Gasteiger partial charge in [0.05, 0.1) is 0 Å². The number of rotatable bonds is 2. The van der Waals surface area contributed by atoms with Gasteiger partial charge < -0.3 is 14.4 Å². The lowest BCUT2D eigenvalue weighted by Crippen LogP contribution is -2.49. The molecule has 1 fully saturated rings. The van der Waals surface area contributed by atoms with E-state index in [2.05, 4.69) is 0 Å². The number of likely N-dealkylation sites (tertiary alicyclic amines) is 1. The Morgan fingerprint density at radius 2 is 2.14 bits per heavy atom. The molecule has 0 radical (unpaired) electrons. The predicted molar refractivity (Wildman–Crippen MR) is 82.1 cm³/mol. The van der Waals surface area contributed by atoms with E-state index >= 15 is 0 Å². The number of aliphatic carboxylic acids is 1. The van der Waals surface area contributed by atoms with E-state index in [1.807, 2.05) is 6.92 Å². The summed E-state index contributed by atoms with van der Waals surface area (Å²) in [4.78, 5) is 25.4. The van der Waals surface area contributed by atoms with Gasteiger partial charge in [0.15, 0.2) is 5.76 Å². The predicted octanol–water partition coefficient (Wildman–Crippen LogP) is 3.41. The van der Waals surface area contributed by atoms with Crippen molar-refractivity contribution in [2.75, 3.05) is 6.54 Å². The van der Waals surface area contributed by atoms with Gasteiger partial charge in [0.2, 0.25) is 0 Å². The van der Waals surface area contributed by atoms with Crippen molar-refractivity contribution < 1.29 is 19.1 Å². The van der Waals surface area contributed by atoms with Crippen LogP contribution >= 0.6 is 11.6 Å². The lowest BCUT2D eigenvalue weighted by Gasteiger charge is -2.35. The lowest BCUT2D eigenvalue weighted by molar-refractivity contribution is -0.144. The van der Waals surface area contributed by atoms with E-state index in [-0.39, 0.29) is 11.7 Å². The van der Waals surface area contributed by atoms with E-state index < -0.39 is 12.0 Å². The van der Waals surface area contributed by atoms with Gasteiger partial charge in [-0.05, 0) is 43.0 Å². The summed E-state index contributed by atoms with van der Waals surface area (Å²) in [6.07, 6.45) is 1.26. The first-order valence-corrected chi connectivity index (χ1v) is 7.56. The van der Waals surface area contributed by atoms with E-state index in [9.17, 15) is 14.7 Å². The molecule has 6 heteroatoms. The maximum absolute atomic E-state index is 12.6. The molecule has 1 aromatic carbocycles. The van der Waals surface area contributed by atoms with E-state index in [4.69, 9.17) is 16.0 Å². The van der Waals surface area contributed by atoms with Crippen LogP contribution in [-0.4, -0.2) is 34.5 Å². The fourth-order valence-corrected chi connectivity index (χ4v) is 3.06. The van der Waals surface area contributed by atoms with Crippen LogP contribution in [0.2, 0.25) is 5.02 Å². The topological polar surface area (TPSA) is 70.8 Å². The minimum Gasteiger partial charge on any atom is -0.480 e. The van der Waals surface area contributed by atoms with Crippen molar-refractivity contribution in [1.29, 1.82) is 0 Å². The molecule has 3 rings (SSSR count). The third-order valence-electron chi connectivity index (χ3n) is 4.10. The van der Waals surface area contributed by atoms with Crippen molar-refractivity contribution in [3.05, 3.63) is 35.0 Å². The molecule has 1 N–H and O–H groups in total. The highest BCUT2D eigenvalue weighted by molar-refractivity contribution is 6.31. The smallest absolute Gasteiger partial charge is 0.326 e. The van der Waals surface area contributed by atoms with Crippen LogP contribution in [-0.2, 0) is 4.79 Å². The molecule has 0 saturated carbocycles. The zero-order valence-corrected chi connectivity index (χ0v) is 12.8. The quantitative estimate of drug-likeness (QED) is 0.920. The van der Waals surface area contributed by atoms with Crippen LogP contribution in [0.4, 0.5) is 0 Å². The Kier molecular flexibility index (Phi) is 3.83. The highest BCUT2D eigenvalue weighted by Gasteiger charge is 2.36. The third kappa shape index (κ3) is 2.68. The van der Waals surface area contributed by atoms with Crippen molar-refractivity contribution >= 4 is 34.4 Å². The maximum Gasteiger partial charge on any atom is 0.326 e. The van der Waals surface area contributed by atoms with Crippen LogP contribution in [0.15, 0.2) is 28.7 Å². The average Bonchev–Trinajstić information content (AvgIpc) is 2.89. The number of hydrogen-bond donors (Lipinski definition) is 1. The normalized spacial score (nSPS) is 22.0. The Morgan fingerprint density at radius 3 is 2.86 bits per heavy atom. The average molecular weight is 322 g/mol. The molecule has 2 aromatic rings. The molecule has 1 aliphatic rings. The van der Waals surface area contributed by atoms with Crippen molar-refractivity contribution in [3.8, 4) is 0 Å². The molecule has 5 nitrogen and oxygen atoms in total. The zero-order chi connectivity index (χ0) is 15.9. The van der Waals surface area contributed by atoms with Gasteiger partial charge in [-0.15, -0.1) is 0 Å². The van der Waals surface area contributed by atoms with E-state index in [1.165, 1.54) is 4.90 Å². The van der Waals surface area contributed by atoms with E-state index in [1.54, 1.807) is 24.3 Å². The molecule has 1 saturated heterocycles. The summed E-state index contributed by atoms with van der Waals surface area (Å²) < 4.78 is 5.55. The fraction of sp³-hybridized carbons (Fsp3) is 0.375. The highest BCUT2D eigenvalue weighted by atomic mass is 35.5. The van der Waals surface area contributed by atoms with E-state index in [0.29, 0.717) is 29.5 Å². The van der Waals surface area contributed by atoms with Crippen LogP contribution in [0, 0.1) is 5.92 Å². The molecule has 0 bridgehead atoms. The summed E-state index contributed by atoms with van der Waals surface area (Å²) in [5, 5.41) is 10.6. The maximum atomic E-state index is 12.6. The number of carboxylic acids is 1. The summed E-state index contributed by atoms with van der Waals surface area (Å²) in [5.74, 6) is -0.914. The van der Waals surface area contributed by atoms with Crippen molar-refractivity contribution in [1.82, 2.24) is 4.90 Å². The SMILES string of the molecule is CC1CCN(C(=O)c2cc3cc(Cl)ccc3o2)C(C(=O)O)C1. The molecule has 116 valence electrons. The first-order chi connectivity index (χ1) is 10.5. The van der Waals surface area contributed by atoms with Crippen molar-refractivity contribution in [2.45, 2.75) is 25.8 Å². The Labute approximate surface area is 132 Å². The molecule has 2 heterocycles. The summed E-state index contributed by atoms with van der Waals surface area (Å²) in [6.45, 7) is 2.43. The summed E-state index contributed by atoms with van der Waals surface area (Å²) in [6, 6.07) is 5.91. The number of halogens is 1. The first-order valence-electron chi connectivity index (χ1n) is 7.18. The minimum absolute atomic E-state index is 0.151. The molecule has 0 spiro atoms. The Balaban J connectivity index is 1.92. The number of furan rings is 1. The third-order valence-corrected chi connectivity index (χ3v) is 4.33. The summed E-state index contributed by atoms with van der Waals surface area (Å²) >= 11 is 5.92. The van der Waals surface area contributed by atoms with Crippen LogP contribution in [0.1, 0.15) is 30.3 Å². The Morgan fingerprint density at radius 1 is 1.36 bits per heavy atom. The fourth-order valence-electron chi connectivity index (χ4n) is 2.88. The zero-order valence-electron chi connectivity index (χ0n) is 12.1. The number of benzene rings is 1. The van der Waals surface area contributed by atoms with Gasteiger partial charge in [0, 0.05) is 17.0 Å². The molecular formula is C16H16ClNO4. The van der Waals surface area contributed by atoms with Crippen molar-refractivity contribution in [2.24, 2.45) is 5.92 Å². The summed E-state index contributed by atoms with van der Waals surface area (Å²) in [7, 11) is 0. The molecule has 1 amide bonds. The van der Waals surface area contributed by atoms with Gasteiger partial charge in [-0.25, -0.2) is 4.79 Å². The number of carbonyl (C=O) groups excluding carboxylic acids is 1. The number of piperidine rings is 1. The Bertz CT molecular complexity index is 739. The van der Waals surface area contributed by atoms with E-state index in [0.717, 1.165) is 11.8 Å². The largest absolute Gasteiger partial charge is 0.480 e. The van der Waals surface area contributed by atoms with Crippen molar-refractivity contribution in [3.63, 3.8) is 0 Å². The second-order valence-electron chi connectivity index (χ2n) is 5.77. The lowest BCUT2D eigenvalue weighted by atomic mass is 9.92. The van der Waals surface area contributed by atoms with Crippen LogP contribution in [0.5, 0.6) is 0 Å². The standard InChI is InChI=1S/C16H16ClNO4/c1-9-4-5-18(12(6-9)16(20)21)15(19)14-8-10-7-11(17)2-3-13(10)22-14/h2-3,7-9,12H,4-6H2,1H3,(H,20,21). The molecule has 2 unspecified atom stereocenters. The highest BCUT2D eigenvalue weighted by Crippen LogP contribution is 2.28. The number of hydrogen-bond acceptors (Lipinski definition) is 3. The number of carboxylic acid groups (broad SMARTS) is 1. The van der Waals surface area contributed by atoms with Gasteiger partial charge in [-0.3, -0.25) is 4.79 Å². The van der Waals surface area contributed by atoms with Gasteiger partial charge in [-0.1, -0.05) is 18.5 Å². The Hall–Kier alpha value is -2.01. The number of nitrogens with zero attached hydrogens (tertiary/aromatic N) is 1. The van der Waals surface area contributed by atoms with Gasteiger partial charge in [0.25, 0.3) is 5.91 Å². The second-order valence-corrected chi connectivity index (χ2v) is 6.21. The van der Waals surface area contributed by atoms with Crippen LogP contribution < -0.4 is 0 Å². The molecule has 22 heavy (non-hydrogen) atoms. The molecule has 2 atom stereocenters. The van der Waals surface area contributed by atoms with Crippen LogP contribution in [0.3, 0.4) is 0 Å². The molecular weight excluding hydrogens is 306 g/mol.